The highest BCUT2D eigenvalue weighted by Gasteiger charge is 2.14. The number of carbonyl (C=O) groups excluding carboxylic acids is 1. The average Bonchev–Trinajstić information content (AvgIpc) is 3.10. The van der Waals surface area contributed by atoms with Gasteiger partial charge in [-0.15, -0.1) is 0 Å². The molecule has 0 bridgehead atoms. The predicted octanol–water partition coefficient (Wildman–Crippen LogP) is 3.48. The summed E-state index contributed by atoms with van der Waals surface area (Å²) in [5.41, 5.74) is 1.54. The number of rotatable bonds is 5. The van der Waals surface area contributed by atoms with E-state index >= 15 is 0 Å². The second-order valence-electron chi connectivity index (χ2n) is 5.00. The molecule has 2 aromatic heterocycles. The summed E-state index contributed by atoms with van der Waals surface area (Å²) in [6.07, 6.45) is 0. The molecular formula is C16H16N2O3S. The first-order valence-corrected chi connectivity index (χ1v) is 7.88. The molecule has 5 nitrogen and oxygen atoms in total. The Morgan fingerprint density at radius 1 is 1.23 bits per heavy atom. The Balaban J connectivity index is 1.57. The molecule has 1 aromatic carbocycles. The van der Waals surface area contributed by atoms with Crippen molar-refractivity contribution >= 4 is 28.8 Å². The first-order valence-electron chi connectivity index (χ1n) is 6.89. The minimum Gasteiger partial charge on any atom is -0.464 e. The summed E-state index contributed by atoms with van der Waals surface area (Å²) in [5.74, 6) is 1.90. The monoisotopic (exact) mass is 316 g/mol. The van der Waals surface area contributed by atoms with Crippen molar-refractivity contribution in [3.63, 3.8) is 0 Å². The van der Waals surface area contributed by atoms with Gasteiger partial charge in [-0.1, -0.05) is 23.9 Å². The fourth-order valence-electron chi connectivity index (χ4n) is 2.04. The molecule has 0 saturated heterocycles. The Kier molecular flexibility index (Phi) is 4.20. The van der Waals surface area contributed by atoms with E-state index in [1.54, 1.807) is 11.9 Å². The number of hydrogen-bond donors (Lipinski definition) is 0. The zero-order valence-corrected chi connectivity index (χ0v) is 13.2. The number of aromatic nitrogens is 1. The maximum absolute atomic E-state index is 12.1. The van der Waals surface area contributed by atoms with Crippen LogP contribution in [-0.2, 0) is 11.3 Å². The Hall–Kier alpha value is -2.21. The number of thioether (sulfide) groups is 1. The van der Waals surface area contributed by atoms with Crippen molar-refractivity contribution in [1.82, 2.24) is 9.88 Å². The van der Waals surface area contributed by atoms with Crippen LogP contribution in [0.5, 0.6) is 0 Å². The van der Waals surface area contributed by atoms with E-state index in [-0.39, 0.29) is 11.7 Å². The van der Waals surface area contributed by atoms with Gasteiger partial charge in [0.15, 0.2) is 5.58 Å². The van der Waals surface area contributed by atoms with E-state index < -0.39 is 0 Å². The number of hydrogen-bond acceptors (Lipinski definition) is 5. The van der Waals surface area contributed by atoms with Crippen molar-refractivity contribution in [2.45, 2.75) is 18.7 Å². The summed E-state index contributed by atoms with van der Waals surface area (Å²) < 4.78 is 11.1. The molecule has 1 amide bonds. The number of furan rings is 1. The van der Waals surface area contributed by atoms with Gasteiger partial charge in [0.05, 0.1) is 12.3 Å². The Morgan fingerprint density at radius 2 is 2.05 bits per heavy atom. The highest BCUT2D eigenvalue weighted by atomic mass is 32.2. The number of para-hydroxylation sites is 2. The Labute approximate surface area is 132 Å². The van der Waals surface area contributed by atoms with Crippen molar-refractivity contribution < 1.29 is 13.6 Å². The third-order valence-electron chi connectivity index (χ3n) is 3.21. The van der Waals surface area contributed by atoms with E-state index in [4.69, 9.17) is 8.83 Å². The average molecular weight is 316 g/mol. The normalized spacial score (nSPS) is 11.0. The van der Waals surface area contributed by atoms with Gasteiger partial charge in [0.25, 0.3) is 5.22 Å². The molecule has 0 unspecified atom stereocenters. The quantitative estimate of drug-likeness (QED) is 0.674. The van der Waals surface area contributed by atoms with E-state index in [0.717, 1.165) is 22.6 Å². The lowest BCUT2D eigenvalue weighted by Crippen LogP contribution is -2.27. The molecule has 6 heteroatoms. The molecule has 0 aliphatic rings. The van der Waals surface area contributed by atoms with Crippen LogP contribution in [-0.4, -0.2) is 28.6 Å². The zero-order valence-electron chi connectivity index (χ0n) is 12.4. The third kappa shape index (κ3) is 3.33. The van der Waals surface area contributed by atoms with E-state index in [9.17, 15) is 4.79 Å². The van der Waals surface area contributed by atoms with Gasteiger partial charge in [0.1, 0.15) is 17.0 Å². The minimum atomic E-state index is 0.00121. The van der Waals surface area contributed by atoms with E-state index in [1.807, 2.05) is 43.3 Å². The van der Waals surface area contributed by atoms with E-state index in [0.29, 0.717) is 11.8 Å². The van der Waals surface area contributed by atoms with Crippen LogP contribution < -0.4 is 0 Å². The fourth-order valence-corrected chi connectivity index (χ4v) is 2.82. The molecule has 22 heavy (non-hydrogen) atoms. The molecule has 0 saturated carbocycles. The van der Waals surface area contributed by atoms with E-state index in [2.05, 4.69) is 4.98 Å². The first-order chi connectivity index (χ1) is 10.6. The molecule has 2 heterocycles. The lowest BCUT2D eigenvalue weighted by Gasteiger charge is -2.14. The number of aryl methyl sites for hydroxylation is 1. The number of oxazole rings is 1. The highest BCUT2D eigenvalue weighted by Crippen LogP contribution is 2.23. The number of fused-ring (bicyclic) bond motifs is 1. The summed E-state index contributed by atoms with van der Waals surface area (Å²) >= 11 is 1.30. The molecule has 0 spiro atoms. The van der Waals surface area contributed by atoms with Crippen molar-refractivity contribution in [2.24, 2.45) is 0 Å². The number of nitrogens with zero attached hydrogens (tertiary/aromatic N) is 2. The van der Waals surface area contributed by atoms with Crippen molar-refractivity contribution in [2.75, 3.05) is 12.8 Å². The lowest BCUT2D eigenvalue weighted by atomic mass is 10.3. The van der Waals surface area contributed by atoms with Gasteiger partial charge in [-0.05, 0) is 31.2 Å². The summed E-state index contributed by atoms with van der Waals surface area (Å²) in [6, 6.07) is 11.3. The van der Waals surface area contributed by atoms with Crippen LogP contribution >= 0.6 is 11.8 Å². The molecule has 3 aromatic rings. The summed E-state index contributed by atoms with van der Waals surface area (Å²) in [7, 11) is 1.76. The van der Waals surface area contributed by atoms with Crippen molar-refractivity contribution in [3.05, 3.63) is 47.9 Å². The van der Waals surface area contributed by atoms with Crippen molar-refractivity contribution in [3.8, 4) is 0 Å². The SMILES string of the molecule is Cc1ccc(CN(C)C(=O)CSc2nc3ccccc3o2)o1. The van der Waals surface area contributed by atoms with Crippen molar-refractivity contribution in [1.29, 1.82) is 0 Å². The summed E-state index contributed by atoms with van der Waals surface area (Å²) in [4.78, 5) is 18.1. The van der Waals surface area contributed by atoms with Crippen LogP contribution in [0.2, 0.25) is 0 Å². The van der Waals surface area contributed by atoms with Gasteiger partial charge >= 0.3 is 0 Å². The molecule has 3 rings (SSSR count). The number of benzene rings is 1. The van der Waals surface area contributed by atoms with Gasteiger partial charge in [0, 0.05) is 7.05 Å². The Morgan fingerprint density at radius 3 is 2.77 bits per heavy atom. The zero-order chi connectivity index (χ0) is 15.5. The van der Waals surface area contributed by atoms with Crippen LogP contribution in [0.3, 0.4) is 0 Å². The maximum Gasteiger partial charge on any atom is 0.257 e. The third-order valence-corrected chi connectivity index (χ3v) is 4.02. The molecule has 0 N–H and O–H groups in total. The standard InChI is InChI=1S/C16H16N2O3S/c1-11-7-8-12(20-11)9-18(2)15(19)10-22-16-17-13-5-3-4-6-14(13)21-16/h3-8H,9-10H2,1-2H3. The molecule has 0 radical (unpaired) electrons. The van der Waals surface area contributed by atoms with Gasteiger partial charge < -0.3 is 13.7 Å². The second-order valence-corrected chi connectivity index (χ2v) is 5.92. The molecule has 0 fully saturated rings. The fraction of sp³-hybridized carbons (Fsp3) is 0.250. The minimum absolute atomic E-state index is 0.00121. The van der Waals surface area contributed by atoms with Crippen LogP contribution in [0.4, 0.5) is 0 Å². The highest BCUT2D eigenvalue weighted by molar-refractivity contribution is 7.99. The number of carbonyl (C=O) groups is 1. The summed E-state index contributed by atoms with van der Waals surface area (Å²) in [5, 5.41) is 0.511. The first kappa shape index (κ1) is 14.7. The molecule has 0 atom stereocenters. The van der Waals surface area contributed by atoms with Crippen LogP contribution in [0.1, 0.15) is 11.5 Å². The topological polar surface area (TPSA) is 59.5 Å². The van der Waals surface area contributed by atoms with Crippen LogP contribution in [0, 0.1) is 6.92 Å². The largest absolute Gasteiger partial charge is 0.464 e. The maximum atomic E-state index is 12.1. The van der Waals surface area contributed by atoms with Gasteiger partial charge in [-0.25, -0.2) is 4.98 Å². The second kappa shape index (κ2) is 6.27. The summed E-state index contributed by atoms with van der Waals surface area (Å²) in [6.45, 7) is 2.34. The predicted molar refractivity (Wildman–Crippen MR) is 84.7 cm³/mol. The van der Waals surface area contributed by atoms with Crippen LogP contribution in [0.15, 0.2) is 50.5 Å². The Bertz CT molecular complexity index is 760. The van der Waals surface area contributed by atoms with Crippen LogP contribution in [0.25, 0.3) is 11.1 Å². The number of amides is 1. The molecule has 114 valence electrons. The molecule has 0 aliphatic heterocycles. The van der Waals surface area contributed by atoms with E-state index in [1.165, 1.54) is 11.8 Å². The van der Waals surface area contributed by atoms with Gasteiger partial charge in [-0.2, -0.15) is 0 Å². The smallest absolute Gasteiger partial charge is 0.257 e. The molecule has 0 aliphatic carbocycles. The lowest BCUT2D eigenvalue weighted by molar-refractivity contribution is -0.127. The molecular weight excluding hydrogens is 300 g/mol. The van der Waals surface area contributed by atoms with Gasteiger partial charge in [-0.3, -0.25) is 4.79 Å². The van der Waals surface area contributed by atoms with Gasteiger partial charge in [0.2, 0.25) is 5.91 Å².